The SMILES string of the molecule is C1=Cc2c(ccc3c2ccc2c4ccccc4ccc32)C1. The summed E-state index contributed by atoms with van der Waals surface area (Å²) in [7, 11) is 0. The normalized spacial score (nSPS) is 13.3. The standard InChI is InChI=1S/C21H14/c1-2-6-16-14(4-1)8-10-20-18(16)12-13-19-17-7-3-5-15(17)9-11-21(19)20/h1-4,6-13H,5H2. The van der Waals surface area contributed by atoms with Crippen LogP contribution < -0.4 is 0 Å². The molecule has 0 heterocycles. The molecule has 0 aliphatic heterocycles. The number of fused-ring (bicyclic) bond motifs is 7. The van der Waals surface area contributed by atoms with Crippen LogP contribution in [-0.4, -0.2) is 0 Å². The van der Waals surface area contributed by atoms with Crippen molar-refractivity contribution in [2.75, 3.05) is 0 Å². The van der Waals surface area contributed by atoms with Gasteiger partial charge in [-0.3, -0.25) is 0 Å². The number of hydrogen-bond acceptors (Lipinski definition) is 0. The van der Waals surface area contributed by atoms with Crippen LogP contribution in [0.1, 0.15) is 11.1 Å². The number of benzene rings is 4. The van der Waals surface area contributed by atoms with Crippen molar-refractivity contribution in [1.29, 1.82) is 0 Å². The number of allylic oxidation sites excluding steroid dienone is 1. The van der Waals surface area contributed by atoms with E-state index in [0.717, 1.165) is 6.42 Å². The van der Waals surface area contributed by atoms with Crippen LogP contribution in [0.4, 0.5) is 0 Å². The van der Waals surface area contributed by atoms with Crippen molar-refractivity contribution in [3.8, 4) is 0 Å². The quantitative estimate of drug-likeness (QED) is 0.357. The Morgan fingerprint density at radius 1 is 0.571 bits per heavy atom. The Labute approximate surface area is 123 Å². The van der Waals surface area contributed by atoms with Gasteiger partial charge in [0.15, 0.2) is 0 Å². The Hall–Kier alpha value is -2.60. The highest BCUT2D eigenvalue weighted by molar-refractivity contribution is 6.18. The first-order valence-electron chi connectivity index (χ1n) is 7.44. The second-order valence-electron chi connectivity index (χ2n) is 5.79. The molecule has 4 aromatic carbocycles. The smallest absolute Gasteiger partial charge is 0.00879 e. The maximum Gasteiger partial charge on any atom is -0.00879 e. The van der Waals surface area contributed by atoms with E-state index in [1.807, 2.05) is 0 Å². The van der Waals surface area contributed by atoms with Crippen LogP contribution in [0.5, 0.6) is 0 Å². The molecule has 0 radical (unpaired) electrons. The van der Waals surface area contributed by atoms with Gasteiger partial charge in [0.05, 0.1) is 0 Å². The molecule has 0 atom stereocenters. The van der Waals surface area contributed by atoms with Crippen molar-refractivity contribution >= 4 is 38.4 Å². The molecule has 0 unspecified atom stereocenters. The zero-order chi connectivity index (χ0) is 13.8. The molecule has 0 fully saturated rings. The third-order valence-electron chi connectivity index (χ3n) is 4.68. The summed E-state index contributed by atoms with van der Waals surface area (Å²) in [5.74, 6) is 0. The molecule has 5 rings (SSSR count). The third-order valence-corrected chi connectivity index (χ3v) is 4.68. The molecule has 4 aromatic rings. The molecule has 0 nitrogen and oxygen atoms in total. The first-order valence-corrected chi connectivity index (χ1v) is 7.44. The van der Waals surface area contributed by atoms with E-state index >= 15 is 0 Å². The van der Waals surface area contributed by atoms with Gasteiger partial charge in [-0.05, 0) is 49.9 Å². The lowest BCUT2D eigenvalue weighted by molar-refractivity contribution is 1.32. The third kappa shape index (κ3) is 1.45. The van der Waals surface area contributed by atoms with Gasteiger partial charge in [0.25, 0.3) is 0 Å². The lowest BCUT2D eigenvalue weighted by atomic mass is 9.94. The molecule has 1 aliphatic rings. The minimum atomic E-state index is 1.07. The van der Waals surface area contributed by atoms with Crippen LogP contribution >= 0.6 is 0 Å². The van der Waals surface area contributed by atoms with E-state index in [4.69, 9.17) is 0 Å². The van der Waals surface area contributed by atoms with Crippen LogP contribution in [0.3, 0.4) is 0 Å². The van der Waals surface area contributed by atoms with Crippen LogP contribution in [0.25, 0.3) is 38.4 Å². The topological polar surface area (TPSA) is 0 Å². The Morgan fingerprint density at radius 2 is 1.29 bits per heavy atom. The Morgan fingerprint density at radius 3 is 2.29 bits per heavy atom. The molecule has 0 saturated carbocycles. The van der Waals surface area contributed by atoms with Gasteiger partial charge in [0.1, 0.15) is 0 Å². The Kier molecular flexibility index (Phi) is 2.09. The van der Waals surface area contributed by atoms with E-state index in [-0.39, 0.29) is 0 Å². The largest absolute Gasteiger partial charge is 0.0795 e. The van der Waals surface area contributed by atoms with Gasteiger partial charge in [-0.25, -0.2) is 0 Å². The second kappa shape index (κ2) is 3.95. The average Bonchev–Trinajstić information content (AvgIpc) is 3.03. The van der Waals surface area contributed by atoms with E-state index in [1.165, 1.54) is 43.4 Å². The highest BCUT2D eigenvalue weighted by atomic mass is 14.1. The summed E-state index contributed by atoms with van der Waals surface area (Å²) in [5.41, 5.74) is 2.85. The van der Waals surface area contributed by atoms with Crippen molar-refractivity contribution in [3.05, 3.63) is 77.9 Å². The van der Waals surface area contributed by atoms with E-state index in [1.54, 1.807) is 0 Å². The first kappa shape index (κ1) is 11.1. The number of hydrogen-bond donors (Lipinski definition) is 0. The van der Waals surface area contributed by atoms with Crippen molar-refractivity contribution in [1.82, 2.24) is 0 Å². The molecule has 0 aromatic heterocycles. The van der Waals surface area contributed by atoms with E-state index in [9.17, 15) is 0 Å². The van der Waals surface area contributed by atoms with Gasteiger partial charge in [-0.15, -0.1) is 0 Å². The van der Waals surface area contributed by atoms with Crippen molar-refractivity contribution in [3.63, 3.8) is 0 Å². The summed E-state index contributed by atoms with van der Waals surface area (Å²) in [6.45, 7) is 0. The van der Waals surface area contributed by atoms with E-state index in [2.05, 4.69) is 72.8 Å². The number of rotatable bonds is 0. The zero-order valence-electron chi connectivity index (χ0n) is 11.6. The fraction of sp³-hybridized carbons (Fsp3) is 0.0476. The predicted molar refractivity (Wildman–Crippen MR) is 91.7 cm³/mol. The molecular weight excluding hydrogens is 252 g/mol. The molecule has 98 valence electrons. The van der Waals surface area contributed by atoms with Gasteiger partial charge in [0.2, 0.25) is 0 Å². The fourth-order valence-corrected chi connectivity index (χ4v) is 3.65. The predicted octanol–water partition coefficient (Wildman–Crippen LogP) is 5.72. The fourth-order valence-electron chi connectivity index (χ4n) is 3.65. The lowest BCUT2D eigenvalue weighted by Crippen LogP contribution is -1.86. The molecule has 0 bridgehead atoms. The van der Waals surface area contributed by atoms with E-state index < -0.39 is 0 Å². The maximum absolute atomic E-state index is 2.29. The van der Waals surface area contributed by atoms with Gasteiger partial charge in [-0.2, -0.15) is 0 Å². The first-order chi connectivity index (χ1) is 10.4. The summed E-state index contributed by atoms with van der Waals surface area (Å²) in [6, 6.07) is 22.3. The van der Waals surface area contributed by atoms with Crippen LogP contribution in [0.15, 0.2) is 66.7 Å². The van der Waals surface area contributed by atoms with Crippen LogP contribution in [-0.2, 0) is 6.42 Å². The second-order valence-corrected chi connectivity index (χ2v) is 5.79. The average molecular weight is 266 g/mol. The molecule has 0 N–H and O–H groups in total. The highest BCUT2D eigenvalue weighted by Gasteiger charge is 2.11. The summed E-state index contributed by atoms with van der Waals surface area (Å²) in [5, 5.41) is 8.10. The highest BCUT2D eigenvalue weighted by Crippen LogP contribution is 2.35. The molecule has 0 heteroatoms. The zero-order valence-corrected chi connectivity index (χ0v) is 11.6. The molecule has 1 aliphatic carbocycles. The molecule has 0 amide bonds. The molecule has 21 heavy (non-hydrogen) atoms. The van der Waals surface area contributed by atoms with Gasteiger partial charge >= 0.3 is 0 Å². The van der Waals surface area contributed by atoms with E-state index in [0.29, 0.717) is 0 Å². The summed E-state index contributed by atoms with van der Waals surface area (Å²) < 4.78 is 0. The Bertz CT molecular complexity index is 1050. The minimum absolute atomic E-state index is 1.07. The maximum atomic E-state index is 2.29. The monoisotopic (exact) mass is 266 g/mol. The Balaban J connectivity index is 2.02. The summed E-state index contributed by atoms with van der Waals surface area (Å²) in [4.78, 5) is 0. The minimum Gasteiger partial charge on any atom is -0.0795 e. The summed E-state index contributed by atoms with van der Waals surface area (Å²) >= 11 is 0. The van der Waals surface area contributed by atoms with Crippen LogP contribution in [0.2, 0.25) is 0 Å². The van der Waals surface area contributed by atoms with Gasteiger partial charge < -0.3 is 0 Å². The van der Waals surface area contributed by atoms with Crippen molar-refractivity contribution in [2.45, 2.75) is 6.42 Å². The molecular formula is C21H14. The van der Waals surface area contributed by atoms with Crippen molar-refractivity contribution in [2.24, 2.45) is 0 Å². The van der Waals surface area contributed by atoms with Gasteiger partial charge in [-0.1, -0.05) is 72.8 Å². The lowest BCUT2D eigenvalue weighted by Gasteiger charge is -2.10. The summed E-state index contributed by atoms with van der Waals surface area (Å²) in [6.07, 6.45) is 5.60. The van der Waals surface area contributed by atoms with Crippen LogP contribution in [0, 0.1) is 0 Å². The van der Waals surface area contributed by atoms with Gasteiger partial charge in [0, 0.05) is 0 Å². The van der Waals surface area contributed by atoms with Crippen molar-refractivity contribution < 1.29 is 0 Å². The molecule has 0 saturated heterocycles. The molecule has 0 spiro atoms.